The minimum atomic E-state index is -3.44. The van der Waals surface area contributed by atoms with E-state index in [0.29, 0.717) is 18.8 Å². The van der Waals surface area contributed by atoms with E-state index in [4.69, 9.17) is 0 Å². The highest BCUT2D eigenvalue weighted by molar-refractivity contribution is 7.89. The van der Waals surface area contributed by atoms with Gasteiger partial charge in [0.1, 0.15) is 6.04 Å². The minimum Gasteiger partial charge on any atom is -0.374 e. The molecule has 1 atom stereocenters. The first kappa shape index (κ1) is 20.4. The maximum Gasteiger partial charge on any atom is 0.246 e. The molecule has 3 rings (SSSR count). The Labute approximate surface area is 167 Å². The molecule has 1 fully saturated rings. The lowest BCUT2D eigenvalue weighted by molar-refractivity contribution is -0.116. The molecule has 1 amide bonds. The summed E-state index contributed by atoms with van der Waals surface area (Å²) in [5.74, 6) is -0.185. The second kappa shape index (κ2) is 8.32. The summed E-state index contributed by atoms with van der Waals surface area (Å²) in [6, 6.07) is 11.9. The molecule has 7 heteroatoms. The Kier molecular flexibility index (Phi) is 6.05. The first-order chi connectivity index (χ1) is 13.3. The van der Waals surface area contributed by atoms with Crippen molar-refractivity contribution in [3.05, 3.63) is 53.6 Å². The monoisotopic (exact) mass is 401 g/mol. The van der Waals surface area contributed by atoms with E-state index in [1.54, 1.807) is 31.2 Å². The number of carbonyl (C=O) groups is 1. The zero-order valence-electron chi connectivity index (χ0n) is 16.5. The van der Waals surface area contributed by atoms with Crippen molar-refractivity contribution in [1.29, 1.82) is 0 Å². The van der Waals surface area contributed by atoms with Crippen LogP contribution in [0.3, 0.4) is 0 Å². The number of sulfonamides is 1. The molecule has 0 aromatic heterocycles. The number of nitrogens with one attached hydrogen (secondary N) is 2. The van der Waals surface area contributed by atoms with Crippen molar-refractivity contribution in [2.45, 2.75) is 44.6 Å². The van der Waals surface area contributed by atoms with Crippen LogP contribution in [-0.2, 0) is 14.8 Å². The first-order valence-electron chi connectivity index (χ1n) is 9.52. The van der Waals surface area contributed by atoms with E-state index in [9.17, 15) is 13.2 Å². The number of anilines is 2. The zero-order chi connectivity index (χ0) is 20.3. The first-order valence-corrected chi connectivity index (χ1v) is 11.0. The Balaban J connectivity index is 1.63. The van der Waals surface area contributed by atoms with Gasteiger partial charge in [-0.2, -0.15) is 4.31 Å². The third-order valence-corrected chi connectivity index (χ3v) is 6.88. The van der Waals surface area contributed by atoms with Crippen LogP contribution < -0.4 is 10.6 Å². The van der Waals surface area contributed by atoms with Crippen LogP contribution in [0.25, 0.3) is 0 Å². The molecule has 6 nitrogen and oxygen atoms in total. The molecule has 0 saturated carbocycles. The van der Waals surface area contributed by atoms with E-state index in [0.717, 1.165) is 24.1 Å². The molecule has 2 aromatic carbocycles. The molecule has 2 N–H and O–H groups in total. The van der Waals surface area contributed by atoms with Gasteiger partial charge in [-0.15, -0.1) is 0 Å². The van der Waals surface area contributed by atoms with Crippen molar-refractivity contribution in [3.63, 3.8) is 0 Å². The number of carbonyl (C=O) groups excluding carboxylic acids is 1. The van der Waals surface area contributed by atoms with Crippen LogP contribution >= 0.6 is 0 Å². The highest BCUT2D eigenvalue weighted by Gasteiger charge is 2.27. The van der Waals surface area contributed by atoms with E-state index in [-0.39, 0.29) is 10.8 Å². The molecule has 150 valence electrons. The van der Waals surface area contributed by atoms with Gasteiger partial charge in [0.05, 0.1) is 4.90 Å². The molecule has 0 bridgehead atoms. The van der Waals surface area contributed by atoms with E-state index in [1.807, 2.05) is 26.0 Å². The average Bonchev–Trinajstić information content (AvgIpc) is 3.20. The van der Waals surface area contributed by atoms with Crippen LogP contribution in [0.4, 0.5) is 11.4 Å². The molecule has 1 heterocycles. The smallest absolute Gasteiger partial charge is 0.246 e. The van der Waals surface area contributed by atoms with Crippen LogP contribution in [-0.4, -0.2) is 37.8 Å². The van der Waals surface area contributed by atoms with E-state index < -0.39 is 16.1 Å². The quantitative estimate of drug-likeness (QED) is 0.776. The molecule has 0 aliphatic carbocycles. The molecule has 1 saturated heterocycles. The van der Waals surface area contributed by atoms with E-state index in [2.05, 4.69) is 16.7 Å². The molecule has 1 aliphatic heterocycles. The fourth-order valence-corrected chi connectivity index (χ4v) is 4.83. The van der Waals surface area contributed by atoms with Crippen molar-refractivity contribution in [2.24, 2.45) is 0 Å². The molecule has 0 radical (unpaired) electrons. The predicted molar refractivity (Wildman–Crippen MR) is 112 cm³/mol. The zero-order valence-corrected chi connectivity index (χ0v) is 17.3. The average molecular weight is 402 g/mol. The molecule has 1 aliphatic rings. The molecule has 2 aromatic rings. The molecular weight excluding hydrogens is 374 g/mol. The number of hydrogen-bond donors (Lipinski definition) is 2. The third-order valence-electron chi connectivity index (χ3n) is 4.97. The van der Waals surface area contributed by atoms with Crippen LogP contribution in [0.5, 0.6) is 0 Å². The van der Waals surface area contributed by atoms with Crippen LogP contribution in [0.2, 0.25) is 0 Å². The largest absolute Gasteiger partial charge is 0.374 e. The highest BCUT2D eigenvalue weighted by Crippen LogP contribution is 2.22. The van der Waals surface area contributed by atoms with Crippen molar-refractivity contribution >= 4 is 27.3 Å². The number of amides is 1. The van der Waals surface area contributed by atoms with Gasteiger partial charge in [0.2, 0.25) is 15.9 Å². The lowest BCUT2D eigenvalue weighted by Crippen LogP contribution is -2.32. The number of hydrogen-bond acceptors (Lipinski definition) is 4. The maximum absolute atomic E-state index is 12.6. The van der Waals surface area contributed by atoms with Gasteiger partial charge < -0.3 is 10.6 Å². The summed E-state index contributed by atoms with van der Waals surface area (Å²) in [5, 5.41) is 6.05. The lowest BCUT2D eigenvalue weighted by Gasteiger charge is -2.18. The van der Waals surface area contributed by atoms with Crippen LogP contribution in [0.15, 0.2) is 47.4 Å². The van der Waals surface area contributed by atoms with Crippen molar-refractivity contribution in [1.82, 2.24) is 4.31 Å². The Bertz CT molecular complexity index is 949. The Morgan fingerprint density at radius 3 is 2.29 bits per heavy atom. The summed E-state index contributed by atoms with van der Waals surface area (Å²) in [7, 11) is -3.44. The van der Waals surface area contributed by atoms with Gasteiger partial charge in [-0.1, -0.05) is 17.7 Å². The van der Waals surface area contributed by atoms with Crippen LogP contribution in [0, 0.1) is 13.8 Å². The summed E-state index contributed by atoms with van der Waals surface area (Å²) in [6.45, 7) is 6.96. The molecular formula is C21H27N3O3S. The van der Waals surface area contributed by atoms with Gasteiger partial charge in [-0.25, -0.2) is 8.42 Å². The fourth-order valence-electron chi connectivity index (χ4n) is 3.31. The summed E-state index contributed by atoms with van der Waals surface area (Å²) < 4.78 is 26.6. The van der Waals surface area contributed by atoms with Crippen molar-refractivity contribution < 1.29 is 13.2 Å². The van der Waals surface area contributed by atoms with Gasteiger partial charge in [0.25, 0.3) is 0 Å². The SMILES string of the molecule is Cc1ccc(N[C@H](C)C(=O)Nc2ccc(S(=O)(=O)N3CCCC3)cc2)c(C)c1. The van der Waals surface area contributed by atoms with Crippen molar-refractivity contribution in [3.8, 4) is 0 Å². The third kappa shape index (κ3) is 4.54. The number of nitrogens with zero attached hydrogens (tertiary/aromatic N) is 1. The Hall–Kier alpha value is -2.38. The Morgan fingerprint density at radius 1 is 1.04 bits per heavy atom. The Morgan fingerprint density at radius 2 is 1.68 bits per heavy atom. The van der Waals surface area contributed by atoms with Gasteiger partial charge in [-0.05, 0) is 69.5 Å². The number of rotatable bonds is 6. The maximum atomic E-state index is 12.6. The van der Waals surface area contributed by atoms with E-state index in [1.165, 1.54) is 9.87 Å². The summed E-state index contributed by atoms with van der Waals surface area (Å²) in [4.78, 5) is 12.7. The minimum absolute atomic E-state index is 0.185. The topological polar surface area (TPSA) is 78.5 Å². The number of benzene rings is 2. The van der Waals surface area contributed by atoms with Crippen LogP contribution in [0.1, 0.15) is 30.9 Å². The predicted octanol–water partition coefficient (Wildman–Crippen LogP) is 3.53. The second-order valence-corrected chi connectivity index (χ2v) is 9.25. The second-order valence-electron chi connectivity index (χ2n) is 7.31. The van der Waals surface area contributed by atoms with Gasteiger partial charge in [0.15, 0.2) is 0 Å². The van der Waals surface area contributed by atoms with Gasteiger partial charge >= 0.3 is 0 Å². The highest BCUT2D eigenvalue weighted by atomic mass is 32.2. The fraction of sp³-hybridized carbons (Fsp3) is 0.381. The summed E-state index contributed by atoms with van der Waals surface area (Å²) in [6.07, 6.45) is 1.80. The van der Waals surface area contributed by atoms with E-state index >= 15 is 0 Å². The normalized spacial score (nSPS) is 16.0. The summed E-state index contributed by atoms with van der Waals surface area (Å²) in [5.41, 5.74) is 3.74. The van der Waals surface area contributed by atoms with Crippen molar-refractivity contribution in [2.75, 3.05) is 23.7 Å². The number of aryl methyl sites for hydroxylation is 2. The van der Waals surface area contributed by atoms with Gasteiger partial charge in [0, 0.05) is 24.5 Å². The van der Waals surface area contributed by atoms with Gasteiger partial charge in [-0.3, -0.25) is 4.79 Å². The molecule has 0 spiro atoms. The molecule has 28 heavy (non-hydrogen) atoms. The standard InChI is InChI=1S/C21H27N3O3S/c1-15-6-11-20(16(2)14-15)22-17(3)21(25)23-18-7-9-19(10-8-18)28(26,27)24-12-4-5-13-24/h6-11,14,17,22H,4-5,12-13H2,1-3H3,(H,23,25)/t17-/m1/s1. The molecule has 0 unspecified atom stereocenters. The lowest BCUT2D eigenvalue weighted by atomic mass is 10.1. The summed E-state index contributed by atoms with van der Waals surface area (Å²) >= 11 is 0.